The maximum Gasteiger partial charge on any atom is 0.254 e. The number of benzene rings is 2. The lowest BCUT2D eigenvalue weighted by molar-refractivity contribution is 0.0747. The van der Waals surface area contributed by atoms with E-state index in [1.807, 2.05) is 17.0 Å². The number of nitrogens with zero attached hydrogens (tertiary/aromatic N) is 2. The molecule has 3 rings (SSSR count). The molecule has 1 fully saturated rings. The summed E-state index contributed by atoms with van der Waals surface area (Å²) in [5, 5.41) is 1.80. The zero-order chi connectivity index (χ0) is 16.4. The average molecular weight is 370 g/mol. The second-order valence-electron chi connectivity index (χ2n) is 5.42. The number of carbonyl (C=O) groups excluding carboxylic acids is 1. The van der Waals surface area contributed by atoms with Gasteiger partial charge in [-0.2, -0.15) is 0 Å². The van der Waals surface area contributed by atoms with Gasteiger partial charge in [-0.15, -0.1) is 0 Å². The van der Waals surface area contributed by atoms with Crippen LogP contribution in [0.15, 0.2) is 42.5 Å². The van der Waals surface area contributed by atoms with Crippen LogP contribution in [0, 0.1) is 0 Å². The van der Waals surface area contributed by atoms with Crippen molar-refractivity contribution < 1.29 is 4.79 Å². The molecule has 120 valence electrons. The number of amides is 1. The van der Waals surface area contributed by atoms with E-state index in [9.17, 15) is 4.79 Å². The van der Waals surface area contributed by atoms with Crippen LogP contribution in [0.1, 0.15) is 10.4 Å². The van der Waals surface area contributed by atoms with Crippen molar-refractivity contribution in [2.45, 2.75) is 0 Å². The molecule has 0 saturated carbocycles. The van der Waals surface area contributed by atoms with Crippen molar-refractivity contribution in [3.63, 3.8) is 0 Å². The molecule has 1 aliphatic heterocycles. The van der Waals surface area contributed by atoms with Crippen molar-refractivity contribution in [2.75, 3.05) is 31.1 Å². The van der Waals surface area contributed by atoms with Crippen LogP contribution < -0.4 is 4.90 Å². The molecular formula is C17H15Cl3N2O. The van der Waals surface area contributed by atoms with E-state index in [1.54, 1.807) is 30.3 Å². The van der Waals surface area contributed by atoms with Gasteiger partial charge in [-0.25, -0.2) is 0 Å². The zero-order valence-corrected chi connectivity index (χ0v) is 14.6. The van der Waals surface area contributed by atoms with E-state index >= 15 is 0 Å². The minimum absolute atomic E-state index is 0.0104. The Hall–Kier alpha value is -1.42. The quantitative estimate of drug-likeness (QED) is 0.772. The predicted molar refractivity (Wildman–Crippen MR) is 96.0 cm³/mol. The summed E-state index contributed by atoms with van der Waals surface area (Å²) in [5.74, 6) is 0.0104. The van der Waals surface area contributed by atoms with Crippen molar-refractivity contribution in [3.8, 4) is 0 Å². The number of rotatable bonds is 2. The number of halogens is 3. The topological polar surface area (TPSA) is 23.6 Å². The standard InChI is InChI=1S/C17H15Cl3N2O/c18-13-3-1-2-12(8-13)17(23)22-6-4-21(5-7-22)16-10-14(19)9-15(20)11-16/h1-3,8-11H,4-7H2. The minimum atomic E-state index is 0.0104. The number of anilines is 1. The zero-order valence-electron chi connectivity index (χ0n) is 12.3. The number of hydrogen-bond donors (Lipinski definition) is 0. The lowest BCUT2D eigenvalue weighted by atomic mass is 10.1. The second kappa shape index (κ2) is 7.00. The third-order valence-electron chi connectivity index (χ3n) is 3.85. The third-order valence-corrected chi connectivity index (χ3v) is 4.52. The SMILES string of the molecule is O=C(c1cccc(Cl)c1)N1CCN(c2cc(Cl)cc(Cl)c2)CC1. The Balaban J connectivity index is 1.67. The van der Waals surface area contributed by atoms with Gasteiger partial charge in [-0.3, -0.25) is 4.79 Å². The Kier molecular flexibility index (Phi) is 5.00. The molecule has 0 spiro atoms. The first-order valence-corrected chi connectivity index (χ1v) is 8.42. The van der Waals surface area contributed by atoms with Gasteiger partial charge in [0, 0.05) is 52.5 Å². The smallest absolute Gasteiger partial charge is 0.254 e. The van der Waals surface area contributed by atoms with E-state index in [-0.39, 0.29) is 5.91 Å². The molecule has 1 saturated heterocycles. The molecule has 1 heterocycles. The number of hydrogen-bond acceptors (Lipinski definition) is 2. The van der Waals surface area contributed by atoms with Crippen molar-refractivity contribution >= 4 is 46.4 Å². The molecule has 3 nitrogen and oxygen atoms in total. The fourth-order valence-electron chi connectivity index (χ4n) is 2.69. The summed E-state index contributed by atoms with van der Waals surface area (Å²) in [6.07, 6.45) is 0. The lowest BCUT2D eigenvalue weighted by Gasteiger charge is -2.36. The van der Waals surface area contributed by atoms with E-state index in [4.69, 9.17) is 34.8 Å². The number of carbonyl (C=O) groups is 1. The molecule has 6 heteroatoms. The summed E-state index contributed by atoms with van der Waals surface area (Å²) in [4.78, 5) is 16.5. The van der Waals surface area contributed by atoms with Crippen LogP contribution in [0.5, 0.6) is 0 Å². The molecule has 1 amide bonds. The van der Waals surface area contributed by atoms with Crippen LogP contribution >= 0.6 is 34.8 Å². The molecule has 23 heavy (non-hydrogen) atoms. The van der Waals surface area contributed by atoms with Gasteiger partial charge in [0.25, 0.3) is 5.91 Å². The fraction of sp³-hybridized carbons (Fsp3) is 0.235. The second-order valence-corrected chi connectivity index (χ2v) is 6.73. The van der Waals surface area contributed by atoms with Gasteiger partial charge >= 0.3 is 0 Å². The minimum Gasteiger partial charge on any atom is -0.368 e. The van der Waals surface area contributed by atoms with Crippen LogP contribution in [0.25, 0.3) is 0 Å². The maximum absolute atomic E-state index is 12.5. The summed E-state index contributed by atoms with van der Waals surface area (Å²) in [7, 11) is 0. The van der Waals surface area contributed by atoms with Crippen LogP contribution in [0.4, 0.5) is 5.69 Å². The van der Waals surface area contributed by atoms with Crippen molar-refractivity contribution in [1.82, 2.24) is 4.90 Å². The van der Waals surface area contributed by atoms with Crippen LogP contribution in [0.2, 0.25) is 15.1 Å². The van der Waals surface area contributed by atoms with E-state index in [0.717, 1.165) is 18.8 Å². The highest BCUT2D eigenvalue weighted by Crippen LogP contribution is 2.26. The van der Waals surface area contributed by atoms with Crippen molar-refractivity contribution in [3.05, 3.63) is 63.1 Å². The Morgan fingerprint density at radius 1 is 0.826 bits per heavy atom. The molecule has 2 aromatic rings. The molecule has 0 N–H and O–H groups in total. The highest BCUT2D eigenvalue weighted by Gasteiger charge is 2.22. The Labute approximate surface area is 150 Å². The van der Waals surface area contributed by atoms with Crippen LogP contribution in [-0.2, 0) is 0 Å². The Bertz CT molecular complexity index is 707. The predicted octanol–water partition coefficient (Wildman–Crippen LogP) is 4.61. The Morgan fingerprint density at radius 3 is 2.09 bits per heavy atom. The molecular weight excluding hydrogens is 355 g/mol. The lowest BCUT2D eigenvalue weighted by Crippen LogP contribution is -2.48. The summed E-state index contributed by atoms with van der Waals surface area (Å²) >= 11 is 18.1. The van der Waals surface area contributed by atoms with E-state index in [0.29, 0.717) is 33.7 Å². The third kappa shape index (κ3) is 3.92. The first-order valence-electron chi connectivity index (χ1n) is 7.29. The molecule has 0 radical (unpaired) electrons. The number of piperazine rings is 1. The van der Waals surface area contributed by atoms with E-state index in [2.05, 4.69) is 4.90 Å². The highest BCUT2D eigenvalue weighted by atomic mass is 35.5. The van der Waals surface area contributed by atoms with Gasteiger partial charge in [0.2, 0.25) is 0 Å². The van der Waals surface area contributed by atoms with Crippen molar-refractivity contribution in [1.29, 1.82) is 0 Å². The van der Waals surface area contributed by atoms with Crippen LogP contribution in [-0.4, -0.2) is 37.0 Å². The fourth-order valence-corrected chi connectivity index (χ4v) is 3.40. The van der Waals surface area contributed by atoms with Crippen molar-refractivity contribution in [2.24, 2.45) is 0 Å². The van der Waals surface area contributed by atoms with Gasteiger partial charge in [-0.05, 0) is 36.4 Å². The molecule has 0 aromatic heterocycles. The van der Waals surface area contributed by atoms with E-state index < -0.39 is 0 Å². The van der Waals surface area contributed by atoms with Gasteiger partial charge in [-0.1, -0.05) is 40.9 Å². The van der Waals surface area contributed by atoms with Gasteiger partial charge in [0.15, 0.2) is 0 Å². The van der Waals surface area contributed by atoms with Gasteiger partial charge in [0.05, 0.1) is 0 Å². The molecule has 1 aliphatic rings. The summed E-state index contributed by atoms with van der Waals surface area (Å²) in [5.41, 5.74) is 1.61. The first-order chi connectivity index (χ1) is 11.0. The largest absolute Gasteiger partial charge is 0.368 e. The normalized spacial score (nSPS) is 14.9. The monoisotopic (exact) mass is 368 g/mol. The molecule has 0 atom stereocenters. The molecule has 2 aromatic carbocycles. The van der Waals surface area contributed by atoms with Gasteiger partial charge < -0.3 is 9.80 Å². The maximum atomic E-state index is 12.5. The van der Waals surface area contributed by atoms with Crippen LogP contribution in [0.3, 0.4) is 0 Å². The van der Waals surface area contributed by atoms with E-state index in [1.165, 1.54) is 0 Å². The Morgan fingerprint density at radius 2 is 1.48 bits per heavy atom. The summed E-state index contributed by atoms with van der Waals surface area (Å²) in [6, 6.07) is 12.5. The first kappa shape index (κ1) is 16.4. The average Bonchev–Trinajstić information content (AvgIpc) is 2.53. The summed E-state index contributed by atoms with van der Waals surface area (Å²) < 4.78 is 0. The summed E-state index contributed by atoms with van der Waals surface area (Å²) in [6.45, 7) is 2.77. The molecule has 0 unspecified atom stereocenters. The molecule has 0 bridgehead atoms. The van der Waals surface area contributed by atoms with Gasteiger partial charge in [0.1, 0.15) is 0 Å². The highest BCUT2D eigenvalue weighted by molar-refractivity contribution is 6.35. The molecule has 0 aliphatic carbocycles.